The van der Waals surface area contributed by atoms with Crippen LogP contribution in [-0.4, -0.2) is 76.9 Å². The summed E-state index contributed by atoms with van der Waals surface area (Å²) in [5.41, 5.74) is 7.77. The van der Waals surface area contributed by atoms with Crippen LogP contribution in [0.2, 0.25) is 0 Å². The number of sulfonamides is 2. The van der Waals surface area contributed by atoms with Crippen LogP contribution in [0.5, 0.6) is 11.5 Å². The first-order chi connectivity index (χ1) is 37.9. The molecule has 2 aliphatic heterocycles. The first-order valence-electron chi connectivity index (χ1n) is 28.8. The Kier molecular flexibility index (Phi) is 20.1. The number of carboxylic acids is 1. The lowest BCUT2D eigenvalue weighted by Crippen LogP contribution is -2.30. The maximum absolute atomic E-state index is 15.4. The number of esters is 1. The van der Waals surface area contributed by atoms with Crippen molar-refractivity contribution in [2.24, 2.45) is 11.8 Å². The monoisotopic (exact) mass is 1160 g/mol. The van der Waals surface area contributed by atoms with Gasteiger partial charge < -0.3 is 28.8 Å². The molecule has 0 aromatic heterocycles. The highest BCUT2D eigenvalue weighted by atomic mass is 32.2. The molecule has 0 radical (unpaired) electrons. The third kappa shape index (κ3) is 15.3. The fraction of sp³-hybridized carbons (Fsp3) is 0.587. The molecule has 8 rings (SSSR count). The summed E-state index contributed by atoms with van der Waals surface area (Å²) in [6.45, 7) is 22.6. The normalized spacial score (nSPS) is 17.1. The quantitative estimate of drug-likeness (QED) is 0.0901. The van der Waals surface area contributed by atoms with Crippen molar-refractivity contribution in [2.75, 3.05) is 41.3 Å². The average molecular weight is 1170 g/mol. The zero-order valence-corrected chi connectivity index (χ0v) is 51.5. The number of aryl methyl sites for hydroxylation is 2. The average Bonchev–Trinajstić information content (AvgIpc) is 3.59. The van der Waals surface area contributed by atoms with Gasteiger partial charge in [0, 0.05) is 22.3 Å². The molecule has 0 amide bonds. The summed E-state index contributed by atoms with van der Waals surface area (Å²) in [4.78, 5) is 26.0. The highest BCUT2D eigenvalue weighted by Crippen LogP contribution is 2.48. The van der Waals surface area contributed by atoms with Gasteiger partial charge in [-0.1, -0.05) is 38.5 Å². The number of benzene rings is 4. The van der Waals surface area contributed by atoms with Gasteiger partial charge in [0.25, 0.3) is 0 Å². The van der Waals surface area contributed by atoms with Crippen molar-refractivity contribution in [3.05, 3.63) is 91.5 Å². The SMILES string of the molecule is COC(=O)[C@@H](OC(C)(C)C)c1c(C)c(NS(=O)(=O)CC2CCCCC2)cc(C)c1-c1cc(F)c2c(c1C)CCCO2.Cc1cc(NS(=O)(=O)CC2CCCCC2)c(C)c([C@H](OC(C)(C)C)C(=O)O)c1-c1cc(F)c2c(c1C)CCCO2. The molecule has 4 aromatic carbocycles. The van der Waals surface area contributed by atoms with E-state index in [9.17, 15) is 31.5 Å². The van der Waals surface area contributed by atoms with Crippen LogP contribution in [0.1, 0.15) is 186 Å². The maximum Gasteiger partial charge on any atom is 0.339 e. The van der Waals surface area contributed by atoms with Crippen LogP contribution in [0.15, 0.2) is 24.3 Å². The molecule has 2 heterocycles. The van der Waals surface area contributed by atoms with E-state index >= 15 is 8.78 Å². The number of hydrogen-bond donors (Lipinski definition) is 3. The summed E-state index contributed by atoms with van der Waals surface area (Å²) in [6, 6.07) is 6.33. The van der Waals surface area contributed by atoms with Crippen LogP contribution in [0.4, 0.5) is 20.2 Å². The molecular formula is C63H86F2N2O12S2. The van der Waals surface area contributed by atoms with Crippen molar-refractivity contribution in [3.8, 4) is 33.8 Å². The molecule has 18 heteroatoms. The fourth-order valence-electron chi connectivity index (χ4n) is 12.3. The standard InChI is InChI=1S/C32H44FNO6S.C31H42FNO6S/c1-19-16-26(34-41(36,37)18-22-12-9-8-10-13-22)21(3)28(30(31(35)38-7)40-32(4,5)6)27(19)24-17-25(33)29-23(20(24)2)14-11-15-39-29;1-18-15-25(33-40(36,37)17-21-11-8-7-9-12-21)20(3)27(29(30(34)35)39-31(4,5)6)26(18)23-16-24(32)28-22(19(23)2)13-10-14-38-28/h16-17,22,30,34H,8-15,18H2,1-7H3;15-16,21,29,33H,7-14,17H2,1-6H3,(H,34,35)/t30-;29-/m00/s1. The van der Waals surface area contributed by atoms with E-state index in [1.165, 1.54) is 19.2 Å². The molecule has 14 nitrogen and oxygen atoms in total. The number of aliphatic carboxylic acids is 1. The molecule has 0 unspecified atom stereocenters. The van der Waals surface area contributed by atoms with E-state index in [1.54, 1.807) is 53.7 Å². The van der Waals surface area contributed by atoms with Gasteiger partial charge in [-0.3, -0.25) is 9.44 Å². The molecule has 446 valence electrons. The highest BCUT2D eigenvalue weighted by Gasteiger charge is 2.37. The second kappa shape index (κ2) is 25.7. The molecule has 2 atom stereocenters. The summed E-state index contributed by atoms with van der Waals surface area (Å²) < 4.78 is 118. The van der Waals surface area contributed by atoms with E-state index in [-0.39, 0.29) is 34.8 Å². The summed E-state index contributed by atoms with van der Waals surface area (Å²) in [5.74, 6) is -1.97. The number of halogens is 2. The smallest absolute Gasteiger partial charge is 0.339 e. The molecule has 2 saturated carbocycles. The molecular weight excluding hydrogens is 1080 g/mol. The van der Waals surface area contributed by atoms with Crippen LogP contribution in [0.3, 0.4) is 0 Å². The predicted molar refractivity (Wildman–Crippen MR) is 315 cm³/mol. The third-order valence-corrected chi connectivity index (χ3v) is 19.0. The first-order valence-corrected chi connectivity index (χ1v) is 32.1. The molecule has 0 bridgehead atoms. The number of carbonyl (C=O) groups is 2. The summed E-state index contributed by atoms with van der Waals surface area (Å²) in [6.07, 6.45) is 10.3. The highest BCUT2D eigenvalue weighted by molar-refractivity contribution is 7.93. The number of anilines is 2. The lowest BCUT2D eigenvalue weighted by atomic mass is 9.83. The number of carbonyl (C=O) groups excluding carboxylic acids is 1. The zero-order valence-electron chi connectivity index (χ0n) is 49.9. The zero-order chi connectivity index (χ0) is 59.5. The third-order valence-electron chi connectivity index (χ3n) is 16.1. The van der Waals surface area contributed by atoms with Crippen molar-refractivity contribution in [1.29, 1.82) is 0 Å². The number of nitrogens with one attached hydrogen (secondary N) is 2. The number of methoxy groups -OCH3 is 1. The van der Waals surface area contributed by atoms with Gasteiger partial charge in [0.1, 0.15) is 0 Å². The van der Waals surface area contributed by atoms with Crippen molar-refractivity contribution >= 4 is 43.4 Å². The number of fused-ring (bicyclic) bond motifs is 2. The summed E-state index contributed by atoms with van der Waals surface area (Å²) in [5, 5.41) is 10.4. The summed E-state index contributed by atoms with van der Waals surface area (Å²) >= 11 is 0. The van der Waals surface area contributed by atoms with E-state index in [4.69, 9.17) is 23.7 Å². The molecule has 81 heavy (non-hydrogen) atoms. The van der Waals surface area contributed by atoms with E-state index in [0.717, 1.165) is 99.3 Å². The van der Waals surface area contributed by atoms with Crippen LogP contribution in [-0.2, 0) is 56.7 Å². The van der Waals surface area contributed by atoms with Gasteiger partial charge in [-0.15, -0.1) is 0 Å². The van der Waals surface area contributed by atoms with Gasteiger partial charge in [0.2, 0.25) is 20.0 Å². The van der Waals surface area contributed by atoms with Gasteiger partial charge in [-0.2, -0.15) is 0 Å². The molecule has 4 aromatic rings. The Morgan fingerprint density at radius 1 is 0.593 bits per heavy atom. The molecule has 2 aliphatic carbocycles. The van der Waals surface area contributed by atoms with Crippen molar-refractivity contribution in [3.63, 3.8) is 0 Å². The van der Waals surface area contributed by atoms with Crippen molar-refractivity contribution in [2.45, 2.75) is 196 Å². The molecule has 0 saturated heterocycles. The lowest BCUT2D eigenvalue weighted by Gasteiger charge is -2.31. The second-order valence-electron chi connectivity index (χ2n) is 24.7. The number of hydrogen-bond acceptors (Lipinski definition) is 11. The van der Waals surface area contributed by atoms with Gasteiger partial charge in [0.15, 0.2) is 35.3 Å². The van der Waals surface area contributed by atoms with Gasteiger partial charge in [-0.05, 0) is 226 Å². The van der Waals surface area contributed by atoms with E-state index in [1.807, 2.05) is 41.5 Å². The van der Waals surface area contributed by atoms with E-state index < -0.39 is 67.0 Å². The topological polar surface area (TPSA) is 193 Å². The predicted octanol–water partition coefficient (Wildman–Crippen LogP) is 14.1. The second-order valence-corrected chi connectivity index (χ2v) is 28.3. The Labute approximate surface area is 479 Å². The van der Waals surface area contributed by atoms with Crippen LogP contribution in [0.25, 0.3) is 22.3 Å². The van der Waals surface area contributed by atoms with Crippen LogP contribution in [0, 0.1) is 65.0 Å². The molecule has 4 aliphatic rings. The van der Waals surface area contributed by atoms with Crippen molar-refractivity contribution < 1.29 is 64.0 Å². The van der Waals surface area contributed by atoms with Crippen LogP contribution >= 0.6 is 0 Å². The Morgan fingerprint density at radius 2 is 0.963 bits per heavy atom. The largest absolute Gasteiger partial charge is 0.490 e. The Morgan fingerprint density at radius 3 is 1.32 bits per heavy atom. The summed E-state index contributed by atoms with van der Waals surface area (Å²) in [7, 11) is -6.06. The minimum absolute atomic E-state index is 0.0264. The van der Waals surface area contributed by atoms with E-state index in [2.05, 4.69) is 9.44 Å². The Hall–Kier alpha value is -5.30. The number of carboxylic acid groups (broad SMARTS) is 1. The van der Waals surface area contributed by atoms with Crippen LogP contribution < -0.4 is 18.9 Å². The van der Waals surface area contributed by atoms with E-state index in [0.29, 0.717) is 93.1 Å². The van der Waals surface area contributed by atoms with Crippen molar-refractivity contribution in [1.82, 2.24) is 0 Å². The number of rotatable bonds is 16. The molecule has 0 spiro atoms. The molecule has 2 fully saturated rings. The van der Waals surface area contributed by atoms with Gasteiger partial charge in [0.05, 0.1) is 54.4 Å². The first kappa shape index (κ1) is 63.3. The van der Waals surface area contributed by atoms with Gasteiger partial charge >= 0.3 is 11.9 Å². The Balaban J connectivity index is 0.000000234. The lowest BCUT2D eigenvalue weighted by molar-refractivity contribution is -0.164. The minimum Gasteiger partial charge on any atom is -0.490 e. The molecule has 3 N–H and O–H groups in total. The van der Waals surface area contributed by atoms with Gasteiger partial charge in [-0.25, -0.2) is 35.2 Å². The fourth-order valence-corrected chi connectivity index (χ4v) is 15.5. The minimum atomic E-state index is -3.69. The Bertz CT molecular complexity index is 3220. The maximum atomic E-state index is 15.4. The number of ether oxygens (including phenoxy) is 5.